The highest BCUT2D eigenvalue weighted by molar-refractivity contribution is 5.95. The number of hydrogen-bond donors (Lipinski definition) is 1. The molecule has 6 nitrogen and oxygen atoms in total. The number of rotatable bonds is 12. The third-order valence-electron chi connectivity index (χ3n) is 6.30. The maximum absolute atomic E-state index is 13.6. The smallest absolute Gasteiger partial charge is 0.254 e. The van der Waals surface area contributed by atoms with Crippen molar-refractivity contribution in [2.45, 2.75) is 32.7 Å². The maximum Gasteiger partial charge on any atom is 0.254 e. The molecule has 1 heterocycles. The molecule has 1 aliphatic heterocycles. The number of methoxy groups -OCH3 is 2. The summed E-state index contributed by atoms with van der Waals surface area (Å²) in [7, 11) is 3.28. The van der Waals surface area contributed by atoms with Crippen molar-refractivity contribution in [1.29, 1.82) is 0 Å². The first kappa shape index (κ1) is 28.0. The average molecular weight is 491 g/mol. The quantitative estimate of drug-likeness (QED) is 0.445. The zero-order valence-electron chi connectivity index (χ0n) is 20.8. The van der Waals surface area contributed by atoms with Crippen LogP contribution in [0.15, 0.2) is 48.5 Å². The molecule has 2 aromatic carbocycles. The van der Waals surface area contributed by atoms with Crippen molar-refractivity contribution in [2.24, 2.45) is 11.8 Å². The molecule has 2 aromatic rings. The van der Waals surface area contributed by atoms with Gasteiger partial charge in [0.1, 0.15) is 0 Å². The molecule has 0 aromatic heterocycles. The molecule has 2 atom stereocenters. The van der Waals surface area contributed by atoms with Crippen LogP contribution in [0.2, 0.25) is 0 Å². The number of nitrogens with one attached hydrogen (secondary N) is 1. The van der Waals surface area contributed by atoms with Crippen LogP contribution in [0.4, 0.5) is 0 Å². The van der Waals surface area contributed by atoms with Crippen molar-refractivity contribution >= 4 is 18.3 Å². The van der Waals surface area contributed by atoms with Crippen LogP contribution in [0.5, 0.6) is 11.5 Å². The normalized spacial score (nSPS) is 17.3. The molecule has 1 saturated heterocycles. The summed E-state index contributed by atoms with van der Waals surface area (Å²) in [4.78, 5) is 15.5. The Morgan fingerprint density at radius 2 is 1.76 bits per heavy atom. The summed E-state index contributed by atoms with van der Waals surface area (Å²) in [6.07, 6.45) is 1.80. The molecule has 0 spiro atoms. The highest BCUT2D eigenvalue weighted by Crippen LogP contribution is 2.30. The number of carbonyl (C=O) groups is 1. The highest BCUT2D eigenvalue weighted by atomic mass is 35.5. The van der Waals surface area contributed by atoms with Gasteiger partial charge >= 0.3 is 0 Å². The molecule has 0 aliphatic carbocycles. The average Bonchev–Trinajstić information content (AvgIpc) is 3.26. The summed E-state index contributed by atoms with van der Waals surface area (Å²) in [6.45, 7) is 7.95. The first-order valence-electron chi connectivity index (χ1n) is 11.9. The number of halogens is 1. The molecule has 1 aliphatic rings. The van der Waals surface area contributed by atoms with E-state index in [2.05, 4.69) is 49.5 Å². The van der Waals surface area contributed by atoms with Crippen molar-refractivity contribution < 1.29 is 19.0 Å². The van der Waals surface area contributed by atoms with Gasteiger partial charge in [0, 0.05) is 38.3 Å². The summed E-state index contributed by atoms with van der Waals surface area (Å²) in [5, 5.41) is 3.54. The summed E-state index contributed by atoms with van der Waals surface area (Å²) < 4.78 is 16.4. The van der Waals surface area contributed by atoms with Gasteiger partial charge in [-0.1, -0.05) is 30.3 Å². The van der Waals surface area contributed by atoms with Gasteiger partial charge < -0.3 is 24.4 Å². The number of amides is 1. The topological polar surface area (TPSA) is 60.0 Å². The fourth-order valence-corrected chi connectivity index (χ4v) is 4.41. The first-order chi connectivity index (χ1) is 16.0. The maximum atomic E-state index is 13.6. The fraction of sp³-hybridized carbons (Fsp3) is 0.519. The largest absolute Gasteiger partial charge is 0.493 e. The second kappa shape index (κ2) is 14.2. The van der Waals surface area contributed by atoms with Gasteiger partial charge in [-0.25, -0.2) is 0 Å². The van der Waals surface area contributed by atoms with Gasteiger partial charge in [0.15, 0.2) is 11.5 Å². The van der Waals surface area contributed by atoms with Crippen molar-refractivity contribution in [1.82, 2.24) is 10.2 Å². The van der Waals surface area contributed by atoms with E-state index in [9.17, 15) is 4.79 Å². The second-order valence-electron chi connectivity index (χ2n) is 8.98. The number of hydrogen-bond acceptors (Lipinski definition) is 5. The third-order valence-corrected chi connectivity index (χ3v) is 6.30. The standard InChI is InChI=1S/C27H38N2O4.ClH/c1-20(2)29(19-24-18-28-17-23(24)15-21-9-6-5-7-10-21)27(30)22-11-12-25(32-4)26(16-22)33-14-8-13-31-3;/h5-7,9-12,16,20,23-24,28H,8,13-15,17-19H2,1-4H3;1H. The van der Waals surface area contributed by atoms with Crippen LogP contribution in [-0.2, 0) is 11.2 Å². The summed E-state index contributed by atoms with van der Waals surface area (Å²) in [5.74, 6) is 2.17. The van der Waals surface area contributed by atoms with Crippen molar-refractivity contribution in [2.75, 3.05) is 47.1 Å². The predicted molar refractivity (Wildman–Crippen MR) is 138 cm³/mol. The van der Waals surface area contributed by atoms with Gasteiger partial charge in [-0.3, -0.25) is 4.79 Å². The van der Waals surface area contributed by atoms with Gasteiger partial charge in [0.05, 0.1) is 13.7 Å². The Morgan fingerprint density at radius 1 is 1.03 bits per heavy atom. The molecule has 34 heavy (non-hydrogen) atoms. The minimum absolute atomic E-state index is 0. The second-order valence-corrected chi connectivity index (χ2v) is 8.98. The molecule has 188 valence electrons. The van der Waals surface area contributed by atoms with Crippen LogP contribution in [0.25, 0.3) is 0 Å². The first-order valence-corrected chi connectivity index (χ1v) is 11.9. The van der Waals surface area contributed by atoms with Gasteiger partial charge in [0.2, 0.25) is 0 Å². The molecule has 1 fully saturated rings. The number of ether oxygens (including phenoxy) is 3. The molecule has 1 N–H and O–H groups in total. The molecule has 7 heteroatoms. The molecule has 0 radical (unpaired) electrons. The minimum Gasteiger partial charge on any atom is -0.493 e. The Kier molecular flexibility index (Phi) is 11.7. The minimum atomic E-state index is 0. The Bertz CT molecular complexity index is 878. The number of carbonyl (C=O) groups excluding carboxylic acids is 1. The summed E-state index contributed by atoms with van der Waals surface area (Å²) >= 11 is 0. The highest BCUT2D eigenvalue weighted by Gasteiger charge is 2.31. The lowest BCUT2D eigenvalue weighted by molar-refractivity contribution is 0.0661. The Labute approximate surface area is 210 Å². The SMILES string of the molecule is COCCCOc1cc(C(=O)N(CC2CNCC2Cc2ccccc2)C(C)C)ccc1OC.Cl. The predicted octanol–water partition coefficient (Wildman–Crippen LogP) is 4.46. The van der Waals surface area contributed by atoms with Crippen LogP contribution in [-0.4, -0.2) is 63.9 Å². The molecular formula is C27H39ClN2O4. The van der Waals surface area contributed by atoms with E-state index in [1.807, 2.05) is 17.0 Å². The lowest BCUT2D eigenvalue weighted by Crippen LogP contribution is -2.42. The van der Waals surface area contributed by atoms with Gasteiger partial charge in [-0.2, -0.15) is 0 Å². The van der Waals surface area contributed by atoms with E-state index in [1.165, 1.54) is 5.56 Å². The summed E-state index contributed by atoms with van der Waals surface area (Å²) in [5.41, 5.74) is 1.97. The van der Waals surface area contributed by atoms with Gasteiger partial charge in [-0.05, 0) is 69.0 Å². The Balaban J connectivity index is 0.00000408. The van der Waals surface area contributed by atoms with E-state index < -0.39 is 0 Å². The molecule has 0 bridgehead atoms. The molecular weight excluding hydrogens is 452 g/mol. The van der Waals surface area contributed by atoms with E-state index in [4.69, 9.17) is 14.2 Å². The lowest BCUT2D eigenvalue weighted by Gasteiger charge is -2.32. The van der Waals surface area contributed by atoms with Crippen LogP contribution in [0.3, 0.4) is 0 Å². The van der Waals surface area contributed by atoms with Crippen molar-refractivity contribution in [3.8, 4) is 11.5 Å². The number of benzene rings is 2. The molecule has 2 unspecified atom stereocenters. The Hall–Kier alpha value is -2.28. The Morgan fingerprint density at radius 3 is 2.44 bits per heavy atom. The van der Waals surface area contributed by atoms with E-state index in [1.54, 1.807) is 20.3 Å². The summed E-state index contributed by atoms with van der Waals surface area (Å²) in [6, 6.07) is 16.2. The third kappa shape index (κ3) is 7.62. The van der Waals surface area contributed by atoms with E-state index in [-0.39, 0.29) is 24.4 Å². The van der Waals surface area contributed by atoms with Gasteiger partial charge in [-0.15, -0.1) is 12.4 Å². The molecule has 1 amide bonds. The lowest BCUT2D eigenvalue weighted by atomic mass is 9.89. The zero-order valence-corrected chi connectivity index (χ0v) is 21.6. The zero-order chi connectivity index (χ0) is 23.6. The van der Waals surface area contributed by atoms with Crippen LogP contribution >= 0.6 is 12.4 Å². The fourth-order valence-electron chi connectivity index (χ4n) is 4.41. The molecule has 0 saturated carbocycles. The van der Waals surface area contributed by atoms with Crippen LogP contribution in [0.1, 0.15) is 36.2 Å². The van der Waals surface area contributed by atoms with E-state index in [0.717, 1.165) is 32.5 Å². The van der Waals surface area contributed by atoms with E-state index >= 15 is 0 Å². The van der Waals surface area contributed by atoms with E-state index in [0.29, 0.717) is 42.1 Å². The van der Waals surface area contributed by atoms with Crippen molar-refractivity contribution in [3.63, 3.8) is 0 Å². The van der Waals surface area contributed by atoms with Gasteiger partial charge in [0.25, 0.3) is 5.91 Å². The van der Waals surface area contributed by atoms with Crippen LogP contribution in [0, 0.1) is 11.8 Å². The molecule has 3 rings (SSSR count). The van der Waals surface area contributed by atoms with Crippen LogP contribution < -0.4 is 14.8 Å². The number of nitrogens with zero attached hydrogens (tertiary/aromatic N) is 1. The van der Waals surface area contributed by atoms with Crippen molar-refractivity contribution in [3.05, 3.63) is 59.7 Å². The monoisotopic (exact) mass is 490 g/mol.